The van der Waals surface area contributed by atoms with Crippen LogP contribution in [0.1, 0.15) is 26.3 Å². The predicted molar refractivity (Wildman–Crippen MR) is 107 cm³/mol. The molecule has 1 amide bonds. The number of thiophene rings is 1. The Bertz CT molecular complexity index is 1210. The Morgan fingerprint density at radius 3 is 2.40 bits per heavy atom. The highest BCUT2D eigenvalue weighted by molar-refractivity contribution is 7.15. The molecule has 0 radical (unpaired) electrons. The number of halogens is 2. The summed E-state index contributed by atoms with van der Waals surface area (Å²) in [7, 11) is 1.22. The van der Waals surface area contributed by atoms with Crippen LogP contribution >= 0.6 is 11.3 Å². The Morgan fingerprint density at radius 1 is 1.10 bits per heavy atom. The standard InChI is InChI=1S/C20H14F2N2O5S/c1-9-3-5-11(17(22)16(9)21)13-8-30-19(15(13)20(27)28)23-18(26)12-6-4-10(24(2)29)7-14(12)25/h3-8H,1-2H3,(H2-,23,25,26,27,28)/p+1. The maximum Gasteiger partial charge on any atom is 0.339 e. The molecule has 3 aromatic rings. The second-order valence-corrected chi connectivity index (χ2v) is 7.25. The van der Waals surface area contributed by atoms with Crippen molar-refractivity contribution in [3.05, 3.63) is 68.9 Å². The molecule has 0 fully saturated rings. The molecule has 10 heteroatoms. The van der Waals surface area contributed by atoms with E-state index in [2.05, 4.69) is 5.32 Å². The first-order chi connectivity index (χ1) is 14.1. The number of hydrogen-bond donors (Lipinski definition) is 3. The number of phenols is 1. The lowest BCUT2D eigenvalue weighted by molar-refractivity contribution is -0.428. The van der Waals surface area contributed by atoms with Crippen molar-refractivity contribution in [2.45, 2.75) is 6.92 Å². The van der Waals surface area contributed by atoms with Gasteiger partial charge in [0.05, 0.1) is 11.6 Å². The number of nitrogens with zero attached hydrogens (tertiary/aromatic N) is 1. The van der Waals surface area contributed by atoms with Crippen LogP contribution in [0.3, 0.4) is 0 Å². The first kappa shape index (κ1) is 21.1. The molecule has 0 aliphatic heterocycles. The van der Waals surface area contributed by atoms with E-state index in [1.807, 2.05) is 0 Å². The highest BCUT2D eigenvalue weighted by Gasteiger charge is 2.25. The summed E-state index contributed by atoms with van der Waals surface area (Å²) in [6, 6.07) is 6.19. The van der Waals surface area contributed by atoms with E-state index in [4.69, 9.17) is 0 Å². The quantitative estimate of drug-likeness (QED) is 0.506. The molecular weight excluding hydrogens is 418 g/mol. The van der Waals surface area contributed by atoms with E-state index >= 15 is 0 Å². The van der Waals surface area contributed by atoms with E-state index < -0.39 is 34.8 Å². The second-order valence-electron chi connectivity index (χ2n) is 6.37. The van der Waals surface area contributed by atoms with Gasteiger partial charge in [0.2, 0.25) is 0 Å². The van der Waals surface area contributed by atoms with Gasteiger partial charge in [-0.25, -0.2) is 13.6 Å². The van der Waals surface area contributed by atoms with Gasteiger partial charge in [-0.15, -0.1) is 11.3 Å². The number of aromatic carboxylic acids is 1. The number of anilines is 1. The first-order valence-electron chi connectivity index (χ1n) is 8.46. The van der Waals surface area contributed by atoms with Gasteiger partial charge < -0.3 is 15.5 Å². The summed E-state index contributed by atoms with van der Waals surface area (Å²) in [5.41, 5.74) is -0.764. The van der Waals surface area contributed by atoms with Crippen LogP contribution in [0.15, 0.2) is 35.7 Å². The molecule has 0 unspecified atom stereocenters. The summed E-state index contributed by atoms with van der Waals surface area (Å²) in [5.74, 6) is -5.04. The minimum atomic E-state index is -1.45. The van der Waals surface area contributed by atoms with Gasteiger partial charge in [0.1, 0.15) is 16.3 Å². The summed E-state index contributed by atoms with van der Waals surface area (Å²) in [6.45, 7) is 1.38. The molecule has 0 saturated heterocycles. The zero-order valence-corrected chi connectivity index (χ0v) is 16.5. The fourth-order valence-electron chi connectivity index (χ4n) is 2.79. The fraction of sp³-hybridized carbons (Fsp3) is 0.100. The summed E-state index contributed by atoms with van der Waals surface area (Å²) in [5, 5.41) is 23.1. The molecule has 3 N–H and O–H groups in total. The average molecular weight is 433 g/mol. The van der Waals surface area contributed by atoms with Crippen LogP contribution in [0.2, 0.25) is 0 Å². The SMILES string of the molecule is Cc1ccc(-c2csc(NC(=O)c3ccc([N+](C)=O)cc3O)c2C(=O)O)c(F)c1F. The lowest BCUT2D eigenvalue weighted by Gasteiger charge is -2.08. The largest absolute Gasteiger partial charge is 0.507 e. The number of amides is 1. The van der Waals surface area contributed by atoms with Gasteiger partial charge in [-0.05, 0) is 18.6 Å². The van der Waals surface area contributed by atoms with Crippen molar-refractivity contribution in [3.63, 3.8) is 0 Å². The lowest BCUT2D eigenvalue weighted by atomic mass is 10.0. The van der Waals surface area contributed by atoms with Crippen molar-refractivity contribution in [2.24, 2.45) is 0 Å². The number of benzene rings is 2. The predicted octanol–water partition coefficient (Wildman–Crippen LogP) is 4.70. The third-order valence-corrected chi connectivity index (χ3v) is 5.28. The van der Waals surface area contributed by atoms with Crippen molar-refractivity contribution in [1.82, 2.24) is 0 Å². The number of nitrogens with one attached hydrogen (secondary N) is 1. The Hall–Kier alpha value is -3.66. The monoisotopic (exact) mass is 433 g/mol. The Morgan fingerprint density at radius 2 is 1.80 bits per heavy atom. The number of carbonyl (C=O) groups excluding carboxylic acids is 1. The van der Waals surface area contributed by atoms with Crippen molar-refractivity contribution in [1.29, 1.82) is 0 Å². The smallest absolute Gasteiger partial charge is 0.339 e. The molecule has 0 spiro atoms. The minimum absolute atomic E-state index is 0.0690. The number of aryl methyl sites for hydroxylation is 1. The van der Waals surface area contributed by atoms with Crippen LogP contribution < -0.4 is 5.32 Å². The van der Waals surface area contributed by atoms with Crippen molar-refractivity contribution >= 4 is 33.9 Å². The van der Waals surface area contributed by atoms with E-state index in [1.165, 1.54) is 43.6 Å². The zero-order chi connectivity index (χ0) is 22.2. The molecule has 0 atom stereocenters. The summed E-state index contributed by atoms with van der Waals surface area (Å²) >= 11 is 0.813. The first-order valence-corrected chi connectivity index (χ1v) is 9.34. The van der Waals surface area contributed by atoms with E-state index in [-0.39, 0.29) is 32.9 Å². The average Bonchev–Trinajstić information content (AvgIpc) is 3.09. The van der Waals surface area contributed by atoms with Gasteiger partial charge in [-0.1, -0.05) is 12.1 Å². The molecule has 2 aromatic carbocycles. The van der Waals surface area contributed by atoms with Gasteiger partial charge in [0.25, 0.3) is 11.6 Å². The van der Waals surface area contributed by atoms with Gasteiger partial charge in [-0.3, -0.25) is 4.79 Å². The van der Waals surface area contributed by atoms with Crippen molar-refractivity contribution < 1.29 is 33.3 Å². The third kappa shape index (κ3) is 3.77. The van der Waals surface area contributed by atoms with Crippen LogP contribution in [-0.2, 0) is 0 Å². The third-order valence-electron chi connectivity index (χ3n) is 4.39. The number of carboxylic acid groups (broad SMARTS) is 1. The zero-order valence-electron chi connectivity index (χ0n) is 15.7. The summed E-state index contributed by atoms with van der Waals surface area (Å²) in [4.78, 5) is 35.6. The van der Waals surface area contributed by atoms with Gasteiger partial charge in [-0.2, -0.15) is 0 Å². The van der Waals surface area contributed by atoms with E-state index in [0.29, 0.717) is 4.76 Å². The maximum absolute atomic E-state index is 14.4. The number of rotatable bonds is 5. The lowest BCUT2D eigenvalue weighted by Crippen LogP contribution is -2.14. The number of nitroso groups, excluding NO2 is 1. The highest BCUT2D eigenvalue weighted by Crippen LogP contribution is 2.38. The minimum Gasteiger partial charge on any atom is -0.507 e. The molecule has 0 aliphatic rings. The van der Waals surface area contributed by atoms with Crippen LogP contribution in [0.25, 0.3) is 11.1 Å². The van der Waals surface area contributed by atoms with E-state index in [0.717, 1.165) is 17.4 Å². The molecule has 1 heterocycles. The fourth-order valence-corrected chi connectivity index (χ4v) is 3.74. The topological polar surface area (TPSA) is 107 Å². The van der Waals surface area contributed by atoms with Crippen LogP contribution in [0.5, 0.6) is 5.75 Å². The van der Waals surface area contributed by atoms with Crippen LogP contribution in [0.4, 0.5) is 19.5 Å². The van der Waals surface area contributed by atoms with Crippen LogP contribution in [0, 0.1) is 23.5 Å². The molecule has 0 saturated carbocycles. The Balaban J connectivity index is 2.01. The molecule has 7 nitrogen and oxygen atoms in total. The van der Waals surface area contributed by atoms with Crippen molar-refractivity contribution in [2.75, 3.05) is 12.4 Å². The number of phenolic OH excluding ortho intramolecular Hbond substituents is 1. The molecule has 154 valence electrons. The van der Waals surface area contributed by atoms with Crippen LogP contribution in [-0.4, -0.2) is 33.9 Å². The molecular formula is C20H15F2N2O5S+. The number of carbonyl (C=O) groups is 2. The van der Waals surface area contributed by atoms with E-state index in [9.17, 15) is 33.5 Å². The second kappa shape index (κ2) is 7.99. The number of hydrogen-bond acceptors (Lipinski definition) is 5. The Kier molecular flexibility index (Phi) is 5.61. The highest BCUT2D eigenvalue weighted by atomic mass is 32.1. The number of carboxylic acids is 1. The molecule has 3 rings (SSSR count). The van der Waals surface area contributed by atoms with E-state index in [1.54, 1.807) is 0 Å². The van der Waals surface area contributed by atoms with Crippen molar-refractivity contribution in [3.8, 4) is 16.9 Å². The maximum atomic E-state index is 14.4. The Labute approximate surface area is 172 Å². The molecule has 1 aromatic heterocycles. The van der Waals surface area contributed by atoms with Gasteiger partial charge >= 0.3 is 5.97 Å². The van der Waals surface area contributed by atoms with Gasteiger partial charge in [0, 0.05) is 32.2 Å². The van der Waals surface area contributed by atoms with Gasteiger partial charge in [0.15, 0.2) is 18.7 Å². The normalized spacial score (nSPS) is 10.7. The summed E-state index contributed by atoms with van der Waals surface area (Å²) < 4.78 is 28.8. The molecule has 30 heavy (non-hydrogen) atoms. The molecule has 0 bridgehead atoms. The number of aromatic hydroxyl groups is 1. The summed E-state index contributed by atoms with van der Waals surface area (Å²) in [6.07, 6.45) is 0. The molecule has 0 aliphatic carbocycles.